The van der Waals surface area contributed by atoms with Crippen molar-refractivity contribution >= 4 is 23.0 Å². The molecule has 23 heavy (non-hydrogen) atoms. The van der Waals surface area contributed by atoms with Gasteiger partial charge in [0.2, 0.25) is 0 Å². The Labute approximate surface area is 134 Å². The van der Waals surface area contributed by atoms with Crippen molar-refractivity contribution in [1.82, 2.24) is 4.98 Å². The second kappa shape index (κ2) is 6.32. The summed E-state index contributed by atoms with van der Waals surface area (Å²) in [6, 6.07) is 5.00. The molecule has 0 aliphatic heterocycles. The number of ether oxygens (including phenoxy) is 3. The van der Waals surface area contributed by atoms with E-state index in [1.165, 1.54) is 0 Å². The minimum absolute atomic E-state index is 0.291. The van der Waals surface area contributed by atoms with Crippen LogP contribution in [0.15, 0.2) is 18.2 Å². The predicted molar refractivity (Wildman–Crippen MR) is 85.9 cm³/mol. The zero-order valence-electron chi connectivity index (χ0n) is 14.0. The summed E-state index contributed by atoms with van der Waals surface area (Å²) in [5.74, 6) is -0.109. The standard InChI is InChI=1S/C17H21NO5/c1-6-21-15(19)14-10(2)18-13-8-7-11(9-12(13)14)22-16(20)23-17(3,4)5/h7-9,18H,6H2,1-5H3. The highest BCUT2D eigenvalue weighted by atomic mass is 16.7. The molecule has 0 amide bonds. The smallest absolute Gasteiger partial charge is 0.462 e. The molecule has 0 bridgehead atoms. The van der Waals surface area contributed by atoms with Crippen LogP contribution in [0.3, 0.4) is 0 Å². The first-order valence-corrected chi connectivity index (χ1v) is 7.41. The van der Waals surface area contributed by atoms with Crippen LogP contribution >= 0.6 is 0 Å². The van der Waals surface area contributed by atoms with Gasteiger partial charge in [0, 0.05) is 16.6 Å². The molecule has 0 aliphatic rings. The van der Waals surface area contributed by atoms with Gasteiger partial charge < -0.3 is 19.2 Å². The number of hydrogen-bond donors (Lipinski definition) is 1. The van der Waals surface area contributed by atoms with Crippen LogP contribution in [0.2, 0.25) is 0 Å². The highest BCUT2D eigenvalue weighted by Gasteiger charge is 2.20. The largest absolute Gasteiger partial charge is 0.514 e. The van der Waals surface area contributed by atoms with Crippen molar-refractivity contribution in [3.8, 4) is 5.75 Å². The Bertz CT molecular complexity index is 739. The molecule has 2 rings (SSSR count). The normalized spacial score (nSPS) is 11.3. The summed E-state index contributed by atoms with van der Waals surface area (Å²) >= 11 is 0. The molecule has 0 unspecified atom stereocenters. The summed E-state index contributed by atoms with van der Waals surface area (Å²) in [5, 5.41) is 0.641. The Kier molecular flexibility index (Phi) is 4.63. The fraction of sp³-hybridized carbons (Fsp3) is 0.412. The van der Waals surface area contributed by atoms with E-state index in [4.69, 9.17) is 14.2 Å². The average molecular weight is 319 g/mol. The molecule has 0 fully saturated rings. The summed E-state index contributed by atoms with van der Waals surface area (Å²) in [7, 11) is 0. The third-order valence-corrected chi connectivity index (χ3v) is 3.03. The van der Waals surface area contributed by atoms with Gasteiger partial charge in [0.05, 0.1) is 12.2 Å². The molecule has 0 spiro atoms. The molecule has 0 saturated carbocycles. The number of nitrogens with one attached hydrogen (secondary N) is 1. The monoisotopic (exact) mass is 319 g/mol. The van der Waals surface area contributed by atoms with E-state index in [-0.39, 0.29) is 0 Å². The van der Waals surface area contributed by atoms with Crippen LogP contribution in [0.5, 0.6) is 5.75 Å². The molecule has 0 saturated heterocycles. The van der Waals surface area contributed by atoms with Crippen LogP contribution in [-0.4, -0.2) is 29.3 Å². The Morgan fingerprint density at radius 1 is 1.22 bits per heavy atom. The van der Waals surface area contributed by atoms with Gasteiger partial charge >= 0.3 is 12.1 Å². The van der Waals surface area contributed by atoms with Crippen LogP contribution in [-0.2, 0) is 9.47 Å². The van der Waals surface area contributed by atoms with Crippen LogP contribution in [0.1, 0.15) is 43.7 Å². The van der Waals surface area contributed by atoms with Gasteiger partial charge in [-0.25, -0.2) is 9.59 Å². The van der Waals surface area contributed by atoms with E-state index in [9.17, 15) is 9.59 Å². The molecule has 0 atom stereocenters. The average Bonchev–Trinajstić information content (AvgIpc) is 2.72. The van der Waals surface area contributed by atoms with Gasteiger partial charge in [0.1, 0.15) is 11.4 Å². The van der Waals surface area contributed by atoms with Crippen molar-refractivity contribution < 1.29 is 23.8 Å². The zero-order chi connectivity index (χ0) is 17.2. The third kappa shape index (κ3) is 4.03. The molecule has 6 heteroatoms. The third-order valence-electron chi connectivity index (χ3n) is 3.03. The number of fused-ring (bicyclic) bond motifs is 1. The minimum Gasteiger partial charge on any atom is -0.462 e. The lowest BCUT2D eigenvalue weighted by Crippen LogP contribution is -2.25. The maximum absolute atomic E-state index is 12.1. The molecule has 2 aromatic rings. The Morgan fingerprint density at radius 3 is 2.52 bits per heavy atom. The van der Waals surface area contributed by atoms with E-state index in [0.717, 1.165) is 5.52 Å². The number of aryl methyl sites for hydroxylation is 1. The lowest BCUT2D eigenvalue weighted by atomic mass is 10.1. The molecule has 124 valence electrons. The number of carbonyl (C=O) groups excluding carboxylic acids is 2. The topological polar surface area (TPSA) is 77.6 Å². The Balaban J connectivity index is 2.32. The van der Waals surface area contributed by atoms with Crippen molar-refractivity contribution in [3.63, 3.8) is 0 Å². The molecule has 0 aliphatic carbocycles. The highest BCUT2D eigenvalue weighted by molar-refractivity contribution is 6.06. The van der Waals surface area contributed by atoms with E-state index in [2.05, 4.69) is 4.98 Å². The van der Waals surface area contributed by atoms with Gasteiger partial charge in [-0.1, -0.05) is 0 Å². The maximum atomic E-state index is 12.1. The molecular weight excluding hydrogens is 298 g/mol. The molecule has 0 radical (unpaired) electrons. The molecule has 1 N–H and O–H groups in total. The number of carbonyl (C=O) groups is 2. The summed E-state index contributed by atoms with van der Waals surface area (Å²) in [4.78, 5) is 26.9. The second-order valence-corrected chi connectivity index (χ2v) is 6.12. The van der Waals surface area contributed by atoms with Gasteiger partial charge in [-0.15, -0.1) is 0 Å². The Hall–Kier alpha value is -2.50. The van der Waals surface area contributed by atoms with Gasteiger partial charge in [-0.2, -0.15) is 0 Å². The maximum Gasteiger partial charge on any atom is 0.514 e. The van der Waals surface area contributed by atoms with E-state index < -0.39 is 17.7 Å². The summed E-state index contributed by atoms with van der Waals surface area (Å²) in [6.07, 6.45) is -0.790. The van der Waals surface area contributed by atoms with Crippen LogP contribution in [0.25, 0.3) is 10.9 Å². The summed E-state index contributed by atoms with van der Waals surface area (Å²) in [6.45, 7) is 9.10. The van der Waals surface area contributed by atoms with E-state index >= 15 is 0 Å². The number of aromatic nitrogens is 1. The quantitative estimate of drug-likeness (QED) is 0.684. The van der Waals surface area contributed by atoms with E-state index in [1.54, 1.807) is 52.8 Å². The summed E-state index contributed by atoms with van der Waals surface area (Å²) in [5.41, 5.74) is 1.27. The van der Waals surface area contributed by atoms with Crippen molar-refractivity contribution in [2.45, 2.75) is 40.2 Å². The van der Waals surface area contributed by atoms with Crippen LogP contribution in [0, 0.1) is 6.92 Å². The molecule has 6 nitrogen and oxygen atoms in total. The SMILES string of the molecule is CCOC(=O)c1c(C)[nH]c2ccc(OC(=O)OC(C)(C)C)cc12. The van der Waals surface area contributed by atoms with Gasteiger partial charge in [-0.05, 0) is 52.8 Å². The van der Waals surface area contributed by atoms with Crippen LogP contribution < -0.4 is 4.74 Å². The molecule has 1 aromatic heterocycles. The minimum atomic E-state index is -0.790. The summed E-state index contributed by atoms with van der Waals surface area (Å²) < 4.78 is 15.4. The van der Waals surface area contributed by atoms with Crippen molar-refractivity contribution in [1.29, 1.82) is 0 Å². The molecular formula is C17H21NO5. The Morgan fingerprint density at radius 2 is 1.91 bits per heavy atom. The number of esters is 1. The number of aromatic amines is 1. The predicted octanol–water partition coefficient (Wildman–Crippen LogP) is 3.97. The number of rotatable bonds is 3. The lowest BCUT2D eigenvalue weighted by Gasteiger charge is -2.18. The van der Waals surface area contributed by atoms with Crippen molar-refractivity contribution in [2.24, 2.45) is 0 Å². The number of H-pyrrole nitrogens is 1. The zero-order valence-corrected chi connectivity index (χ0v) is 14.0. The lowest BCUT2D eigenvalue weighted by molar-refractivity contribution is 0.0206. The second-order valence-electron chi connectivity index (χ2n) is 6.12. The van der Waals surface area contributed by atoms with Crippen molar-refractivity contribution in [2.75, 3.05) is 6.61 Å². The van der Waals surface area contributed by atoms with Gasteiger partial charge in [-0.3, -0.25) is 0 Å². The number of hydrogen-bond acceptors (Lipinski definition) is 5. The number of benzene rings is 1. The fourth-order valence-electron chi connectivity index (χ4n) is 2.20. The van der Waals surface area contributed by atoms with Crippen LogP contribution in [0.4, 0.5) is 4.79 Å². The van der Waals surface area contributed by atoms with E-state index in [1.807, 2.05) is 0 Å². The fourth-order valence-corrected chi connectivity index (χ4v) is 2.20. The molecule has 1 aromatic carbocycles. The van der Waals surface area contributed by atoms with E-state index in [0.29, 0.717) is 29.0 Å². The van der Waals surface area contributed by atoms with Gasteiger partial charge in [0.25, 0.3) is 0 Å². The molecule has 1 heterocycles. The first-order chi connectivity index (χ1) is 10.7. The van der Waals surface area contributed by atoms with Gasteiger partial charge in [0.15, 0.2) is 0 Å². The highest BCUT2D eigenvalue weighted by Crippen LogP contribution is 2.27. The van der Waals surface area contributed by atoms with Crippen molar-refractivity contribution in [3.05, 3.63) is 29.5 Å². The first-order valence-electron chi connectivity index (χ1n) is 7.41. The first kappa shape index (κ1) is 16.9.